The number of fused-ring (bicyclic) bond motifs is 1. The standard InChI is InChI=1S/C23H27N3O4S2/c1-5-7-16-25(3)32(28,29)18-13-11-17(12-14-18)22(27)24-23-26(15-6-2)21-19(30-4)9-8-10-20(21)31-23/h6,8-14H,2,5,7,15-16H2,1,3-4H3. The summed E-state index contributed by atoms with van der Waals surface area (Å²) in [6.45, 7) is 6.72. The maximum absolute atomic E-state index is 12.8. The number of aromatic nitrogens is 1. The first-order valence-corrected chi connectivity index (χ1v) is 12.5. The second-order valence-corrected chi connectivity index (χ2v) is 10.3. The average molecular weight is 474 g/mol. The lowest BCUT2D eigenvalue weighted by atomic mass is 10.2. The number of para-hydroxylation sites is 1. The van der Waals surface area contributed by atoms with Gasteiger partial charge < -0.3 is 9.30 Å². The Morgan fingerprint density at radius 2 is 1.97 bits per heavy atom. The van der Waals surface area contributed by atoms with Crippen molar-refractivity contribution in [3.05, 3.63) is 65.5 Å². The Labute approximate surface area is 192 Å². The number of methoxy groups -OCH3 is 1. The molecule has 0 aliphatic heterocycles. The fraction of sp³-hybridized carbons (Fsp3) is 0.304. The van der Waals surface area contributed by atoms with Crippen LogP contribution in [0.5, 0.6) is 5.75 Å². The maximum Gasteiger partial charge on any atom is 0.279 e. The number of sulfonamides is 1. The number of carbonyl (C=O) groups is 1. The molecule has 7 nitrogen and oxygen atoms in total. The van der Waals surface area contributed by atoms with Crippen LogP contribution in [0.4, 0.5) is 0 Å². The predicted octanol–water partition coefficient (Wildman–Crippen LogP) is 4.06. The number of allylic oxidation sites excluding steroid dienone is 1. The van der Waals surface area contributed by atoms with Gasteiger partial charge in [-0.15, -0.1) is 6.58 Å². The Balaban J connectivity index is 1.96. The lowest BCUT2D eigenvalue weighted by Crippen LogP contribution is -2.27. The zero-order valence-corrected chi connectivity index (χ0v) is 20.1. The van der Waals surface area contributed by atoms with Gasteiger partial charge in [0.1, 0.15) is 11.3 Å². The molecule has 0 atom stereocenters. The van der Waals surface area contributed by atoms with Gasteiger partial charge >= 0.3 is 0 Å². The molecular formula is C23H27N3O4S2. The highest BCUT2D eigenvalue weighted by atomic mass is 32.2. The molecule has 1 aromatic heterocycles. The van der Waals surface area contributed by atoms with Gasteiger partial charge in [-0.1, -0.05) is 36.8 Å². The van der Waals surface area contributed by atoms with Crippen molar-refractivity contribution >= 4 is 37.5 Å². The number of benzene rings is 2. The lowest BCUT2D eigenvalue weighted by Gasteiger charge is -2.16. The number of hydrogen-bond donors (Lipinski definition) is 0. The first-order chi connectivity index (χ1) is 15.3. The van der Waals surface area contributed by atoms with Gasteiger partial charge in [-0.3, -0.25) is 4.79 Å². The number of nitrogens with zero attached hydrogens (tertiary/aromatic N) is 3. The molecule has 3 rings (SSSR count). The third-order valence-corrected chi connectivity index (χ3v) is 7.94. The lowest BCUT2D eigenvalue weighted by molar-refractivity contribution is 0.0997. The second-order valence-electron chi connectivity index (χ2n) is 7.21. The van der Waals surface area contributed by atoms with Crippen LogP contribution < -0.4 is 9.54 Å². The van der Waals surface area contributed by atoms with Gasteiger partial charge in [0.15, 0.2) is 4.80 Å². The van der Waals surface area contributed by atoms with Crippen molar-refractivity contribution in [2.75, 3.05) is 20.7 Å². The van der Waals surface area contributed by atoms with Crippen molar-refractivity contribution in [1.29, 1.82) is 0 Å². The molecular weight excluding hydrogens is 446 g/mol. The summed E-state index contributed by atoms with van der Waals surface area (Å²) in [5.74, 6) is 0.243. The normalized spacial score (nSPS) is 12.4. The van der Waals surface area contributed by atoms with E-state index in [1.165, 1.54) is 39.9 Å². The molecule has 0 aliphatic carbocycles. The molecule has 0 bridgehead atoms. The van der Waals surface area contributed by atoms with Crippen molar-refractivity contribution in [2.24, 2.45) is 4.99 Å². The molecule has 0 aliphatic rings. The number of rotatable bonds is 9. The van der Waals surface area contributed by atoms with Crippen LogP contribution in [0, 0.1) is 0 Å². The number of unbranched alkanes of at least 4 members (excludes halogenated alkanes) is 1. The minimum Gasteiger partial charge on any atom is -0.495 e. The summed E-state index contributed by atoms with van der Waals surface area (Å²) in [7, 11) is -0.425. The molecule has 0 spiro atoms. The van der Waals surface area contributed by atoms with Crippen LogP contribution in [0.25, 0.3) is 10.2 Å². The van der Waals surface area contributed by atoms with Gasteiger partial charge in [0.05, 0.1) is 16.7 Å². The molecule has 0 fully saturated rings. The molecule has 3 aromatic rings. The van der Waals surface area contributed by atoms with Crippen LogP contribution in [0.15, 0.2) is 65.0 Å². The molecule has 0 unspecified atom stereocenters. The summed E-state index contributed by atoms with van der Waals surface area (Å²) in [5.41, 5.74) is 1.16. The number of carbonyl (C=O) groups excluding carboxylic acids is 1. The van der Waals surface area contributed by atoms with E-state index in [1.54, 1.807) is 20.2 Å². The molecule has 1 amide bonds. The van der Waals surface area contributed by atoms with Crippen LogP contribution in [-0.4, -0.2) is 43.9 Å². The Bertz CT molecular complexity index is 1290. The van der Waals surface area contributed by atoms with Gasteiger partial charge in [0.25, 0.3) is 5.91 Å². The molecule has 0 saturated heterocycles. The monoisotopic (exact) mass is 473 g/mol. The second kappa shape index (κ2) is 10.2. The van der Waals surface area contributed by atoms with Gasteiger partial charge in [0, 0.05) is 25.7 Å². The highest BCUT2D eigenvalue weighted by Gasteiger charge is 2.20. The first-order valence-electron chi connectivity index (χ1n) is 10.3. The van der Waals surface area contributed by atoms with Gasteiger partial charge in [-0.2, -0.15) is 4.99 Å². The molecule has 32 heavy (non-hydrogen) atoms. The molecule has 2 aromatic carbocycles. The first kappa shape index (κ1) is 23.9. The van der Waals surface area contributed by atoms with E-state index in [-0.39, 0.29) is 4.90 Å². The van der Waals surface area contributed by atoms with E-state index in [0.717, 1.165) is 23.1 Å². The molecule has 1 heterocycles. The fourth-order valence-electron chi connectivity index (χ4n) is 3.25. The van der Waals surface area contributed by atoms with Crippen LogP contribution in [0.3, 0.4) is 0 Å². The zero-order chi connectivity index (χ0) is 23.3. The Morgan fingerprint density at radius 1 is 1.25 bits per heavy atom. The van der Waals surface area contributed by atoms with E-state index in [4.69, 9.17) is 4.74 Å². The Hall–Kier alpha value is -2.75. The molecule has 0 radical (unpaired) electrons. The highest BCUT2D eigenvalue weighted by molar-refractivity contribution is 7.89. The highest BCUT2D eigenvalue weighted by Crippen LogP contribution is 2.27. The Kier molecular flexibility index (Phi) is 7.65. The zero-order valence-electron chi connectivity index (χ0n) is 18.4. The van der Waals surface area contributed by atoms with E-state index in [0.29, 0.717) is 29.2 Å². The predicted molar refractivity (Wildman–Crippen MR) is 128 cm³/mol. The molecule has 0 N–H and O–H groups in total. The number of thiazole rings is 1. The molecule has 9 heteroatoms. The minimum atomic E-state index is -3.59. The van der Waals surface area contributed by atoms with E-state index in [2.05, 4.69) is 11.6 Å². The third-order valence-electron chi connectivity index (χ3n) is 5.03. The van der Waals surface area contributed by atoms with Crippen molar-refractivity contribution < 1.29 is 17.9 Å². The maximum atomic E-state index is 12.8. The summed E-state index contributed by atoms with van der Waals surface area (Å²) in [6.07, 6.45) is 3.43. The Morgan fingerprint density at radius 3 is 2.59 bits per heavy atom. The summed E-state index contributed by atoms with van der Waals surface area (Å²) in [4.78, 5) is 17.8. The minimum absolute atomic E-state index is 0.154. The summed E-state index contributed by atoms with van der Waals surface area (Å²) >= 11 is 1.38. The van der Waals surface area contributed by atoms with Crippen LogP contribution in [-0.2, 0) is 16.6 Å². The number of hydrogen-bond acceptors (Lipinski definition) is 5. The number of amides is 1. The van der Waals surface area contributed by atoms with Crippen LogP contribution in [0.1, 0.15) is 30.1 Å². The van der Waals surface area contributed by atoms with Crippen LogP contribution in [0.2, 0.25) is 0 Å². The van der Waals surface area contributed by atoms with E-state index in [1.807, 2.05) is 29.7 Å². The average Bonchev–Trinajstić information content (AvgIpc) is 3.14. The fourth-order valence-corrected chi connectivity index (χ4v) is 5.51. The quantitative estimate of drug-likeness (QED) is 0.439. The van der Waals surface area contributed by atoms with Crippen molar-refractivity contribution in [3.8, 4) is 5.75 Å². The SMILES string of the molecule is C=CCn1c(=NC(=O)c2ccc(S(=O)(=O)N(C)CCCC)cc2)sc2cccc(OC)c21. The topological polar surface area (TPSA) is 81.0 Å². The smallest absolute Gasteiger partial charge is 0.279 e. The van der Waals surface area contributed by atoms with Gasteiger partial charge in [-0.25, -0.2) is 12.7 Å². The van der Waals surface area contributed by atoms with Crippen molar-refractivity contribution in [3.63, 3.8) is 0 Å². The summed E-state index contributed by atoms with van der Waals surface area (Å²) in [5, 5.41) is 0. The van der Waals surface area contributed by atoms with E-state index in [9.17, 15) is 13.2 Å². The van der Waals surface area contributed by atoms with Gasteiger partial charge in [0.2, 0.25) is 10.0 Å². The van der Waals surface area contributed by atoms with Crippen LogP contribution >= 0.6 is 11.3 Å². The third kappa shape index (κ3) is 4.85. The van der Waals surface area contributed by atoms with Crippen molar-refractivity contribution in [2.45, 2.75) is 31.2 Å². The van der Waals surface area contributed by atoms with Crippen molar-refractivity contribution in [1.82, 2.24) is 8.87 Å². The number of ether oxygens (including phenoxy) is 1. The summed E-state index contributed by atoms with van der Waals surface area (Å²) < 4.78 is 35.0. The molecule has 170 valence electrons. The van der Waals surface area contributed by atoms with E-state index < -0.39 is 15.9 Å². The van der Waals surface area contributed by atoms with E-state index >= 15 is 0 Å². The largest absolute Gasteiger partial charge is 0.495 e. The molecule has 0 saturated carbocycles. The summed E-state index contributed by atoms with van der Waals surface area (Å²) in [6, 6.07) is 11.6. The van der Waals surface area contributed by atoms with Gasteiger partial charge in [-0.05, 0) is 42.8 Å².